The van der Waals surface area contributed by atoms with Crippen LogP contribution in [0.15, 0.2) is 84.3 Å². The van der Waals surface area contributed by atoms with Gasteiger partial charge in [-0.2, -0.15) is 0 Å². The van der Waals surface area contributed by atoms with E-state index < -0.39 is 0 Å². The average Bonchev–Trinajstić information content (AvgIpc) is 2.99. The van der Waals surface area contributed by atoms with Gasteiger partial charge in [-0.15, -0.1) is 0 Å². The third-order valence-corrected chi connectivity index (χ3v) is 9.51. The van der Waals surface area contributed by atoms with Gasteiger partial charge >= 0.3 is 254 Å². The Kier molecular flexibility index (Phi) is 8.06. The van der Waals surface area contributed by atoms with Crippen LogP contribution >= 0.6 is 0 Å². The van der Waals surface area contributed by atoms with Crippen molar-refractivity contribution in [2.75, 3.05) is 0 Å². The van der Waals surface area contributed by atoms with Crippen LogP contribution in [0.1, 0.15) is 16.7 Å². The van der Waals surface area contributed by atoms with Crippen molar-refractivity contribution in [3.8, 4) is 33.4 Å². The first-order valence-electron chi connectivity index (χ1n) is 14.7. The summed E-state index contributed by atoms with van der Waals surface area (Å²) in [4.78, 5) is 0. The number of benzene rings is 5. The fourth-order valence-electron chi connectivity index (χ4n) is 6.41. The topological polar surface area (TPSA) is 0 Å². The summed E-state index contributed by atoms with van der Waals surface area (Å²) in [6.45, 7) is 4.62. The van der Waals surface area contributed by atoms with E-state index in [4.69, 9.17) is 0 Å². The fraction of sp³-hybridized carbons (Fsp3) is 0.0606. The van der Waals surface area contributed by atoms with Crippen molar-refractivity contribution in [1.29, 1.82) is 0 Å². The summed E-state index contributed by atoms with van der Waals surface area (Å²) in [7, 11) is 20.1. The third-order valence-electron chi connectivity index (χ3n) is 9.51. The molecule has 0 bridgehead atoms. The first-order chi connectivity index (χ1) is 19.5. The Morgan fingerprint density at radius 2 is 0.976 bits per heavy atom. The second-order valence-electron chi connectivity index (χ2n) is 11.8. The Balaban J connectivity index is 2.04. The summed E-state index contributed by atoms with van der Waals surface area (Å²) in [5.74, 6) is 0. The molecular weight excluding hydrogens is 483 g/mol. The van der Waals surface area contributed by atoms with E-state index in [0.717, 1.165) is 5.36 Å². The van der Waals surface area contributed by atoms with E-state index in [2.05, 4.69) is 155 Å². The van der Waals surface area contributed by atoms with Gasteiger partial charge in [0.05, 0.1) is 0 Å². The maximum absolute atomic E-state index is 4.33. The summed E-state index contributed by atoms with van der Waals surface area (Å²) < 4.78 is 0. The van der Waals surface area contributed by atoms with E-state index in [1.165, 1.54) is 93.6 Å². The van der Waals surface area contributed by atoms with Gasteiger partial charge in [-0.25, -0.2) is 0 Å². The number of rotatable bonds is 5. The second-order valence-corrected chi connectivity index (χ2v) is 11.8. The first kappa shape index (κ1) is 29.0. The molecule has 0 unspecified atom stereocenters. The van der Waals surface area contributed by atoms with Crippen LogP contribution < -0.4 is 21.9 Å². The second kappa shape index (κ2) is 11.4. The molecule has 0 amide bonds. The third kappa shape index (κ3) is 5.07. The van der Waals surface area contributed by atoms with Crippen LogP contribution in [0.25, 0.3) is 49.6 Å². The van der Waals surface area contributed by atoms with Gasteiger partial charge in [0.15, 0.2) is 0 Å². The fourth-order valence-corrected chi connectivity index (χ4v) is 6.41. The minimum absolute atomic E-state index is 1.11. The van der Waals surface area contributed by atoms with Crippen molar-refractivity contribution >= 4 is 106 Å². The zero-order chi connectivity index (χ0) is 29.6. The normalized spacial score (nSPS) is 11.8. The van der Waals surface area contributed by atoms with E-state index in [1.54, 1.807) is 0 Å². The Bertz CT molecular complexity index is 1820. The van der Waals surface area contributed by atoms with Crippen LogP contribution in [0, 0.1) is 13.8 Å². The van der Waals surface area contributed by atoms with E-state index in [0.29, 0.717) is 0 Å². The number of hydrogen-bond acceptors (Lipinski definition) is 0. The summed E-state index contributed by atoms with van der Waals surface area (Å²) in [5, 5.41) is 3.89. The molecule has 0 saturated heterocycles. The number of hydrogen-bond donors (Lipinski definition) is 0. The minimum atomic E-state index is 1.11. The van der Waals surface area contributed by atoms with E-state index >= 15 is 0 Å². The Morgan fingerprint density at radius 3 is 1.44 bits per heavy atom. The molecule has 0 saturated carbocycles. The van der Waals surface area contributed by atoms with Gasteiger partial charge in [0.2, 0.25) is 0 Å². The molecule has 0 atom stereocenters. The van der Waals surface area contributed by atoms with Gasteiger partial charge in [0.25, 0.3) is 0 Å². The summed E-state index contributed by atoms with van der Waals surface area (Å²) in [5.41, 5.74) is 19.7. The van der Waals surface area contributed by atoms with E-state index in [9.17, 15) is 0 Å². The molecule has 0 aliphatic rings. The van der Waals surface area contributed by atoms with Crippen LogP contribution in [0.2, 0.25) is 0 Å². The molecular formula is C33H34B8. The van der Waals surface area contributed by atoms with Gasteiger partial charge in [0.1, 0.15) is 0 Å². The molecule has 0 aromatic heterocycles. The number of aryl methyl sites for hydroxylation is 1. The van der Waals surface area contributed by atoms with Crippen molar-refractivity contribution in [3.05, 3.63) is 101 Å². The predicted octanol–water partition coefficient (Wildman–Crippen LogP) is -1.91. The Morgan fingerprint density at radius 1 is 0.537 bits per heavy atom. The molecule has 0 nitrogen and oxygen atoms in total. The molecule has 0 heterocycles. The molecule has 41 heavy (non-hydrogen) atoms. The van der Waals surface area contributed by atoms with Crippen molar-refractivity contribution in [2.45, 2.75) is 13.8 Å². The average molecular weight is 517 g/mol. The van der Waals surface area contributed by atoms with Gasteiger partial charge in [-0.05, 0) is 0 Å². The molecule has 8 heteroatoms. The van der Waals surface area contributed by atoms with E-state index in [-0.39, 0.29) is 0 Å². The summed E-state index contributed by atoms with van der Waals surface area (Å²) >= 11 is 0. The molecule has 5 aromatic rings. The number of allylic oxidation sites excluding steroid dienone is 1. The molecule has 5 rings (SSSR count). The van der Waals surface area contributed by atoms with Crippen LogP contribution in [-0.2, 0) is 0 Å². The van der Waals surface area contributed by atoms with Gasteiger partial charge < -0.3 is 0 Å². The standard InChI is InChI=1S/C33H34B8/c1-16-17(2)24-26(29(36)31(38)30(37)27(24)34)25(23(16)28(35)32(39)33(40)41)22-14-20(18-9-5-3-6-10-18)13-21(15-22)19-11-7-4-8-12-19/h3-15,40H,34-39,41H2,1-2H3/b32-28-. The van der Waals surface area contributed by atoms with Crippen LogP contribution in [-0.4, -0.2) is 67.8 Å². The summed E-state index contributed by atoms with van der Waals surface area (Å²) in [6.07, 6.45) is 0. The SMILES string of the molecule is B=C(B)/C(B)=C(/B)c1c(C)c(C)c2c(B)c(B)c(B)c(B)c2c1-c1cc(-c2ccccc2)cc(-c2ccccc2)c1. The first-order valence-corrected chi connectivity index (χ1v) is 14.7. The monoisotopic (exact) mass is 518 g/mol. The van der Waals surface area contributed by atoms with E-state index in [1.807, 2.05) is 0 Å². The van der Waals surface area contributed by atoms with Crippen molar-refractivity contribution in [3.63, 3.8) is 0 Å². The molecule has 0 aliphatic heterocycles. The van der Waals surface area contributed by atoms with Gasteiger partial charge in [-0.1, -0.05) is 0 Å². The zero-order valence-corrected chi connectivity index (χ0v) is 26.2. The van der Waals surface area contributed by atoms with Crippen LogP contribution in [0.3, 0.4) is 0 Å². The molecule has 0 N–H and O–H groups in total. The predicted molar refractivity (Wildman–Crippen MR) is 207 cm³/mol. The summed E-state index contributed by atoms with van der Waals surface area (Å²) in [6, 6.07) is 28.7. The molecule has 0 fully saturated rings. The maximum atomic E-state index is 4.33. The van der Waals surface area contributed by atoms with Gasteiger partial charge in [0, 0.05) is 0 Å². The van der Waals surface area contributed by atoms with Crippen molar-refractivity contribution < 1.29 is 0 Å². The Hall–Kier alpha value is -3.51. The zero-order valence-electron chi connectivity index (χ0n) is 26.2. The molecule has 0 aliphatic carbocycles. The van der Waals surface area contributed by atoms with Crippen molar-refractivity contribution in [2.24, 2.45) is 0 Å². The molecule has 190 valence electrons. The van der Waals surface area contributed by atoms with Gasteiger partial charge in [-0.3, -0.25) is 0 Å². The number of fused-ring (bicyclic) bond motifs is 1. The van der Waals surface area contributed by atoms with Crippen LogP contribution in [0.4, 0.5) is 0 Å². The molecule has 5 aromatic carbocycles. The van der Waals surface area contributed by atoms with Crippen molar-refractivity contribution in [1.82, 2.24) is 0 Å². The molecule has 0 radical (unpaired) electrons. The quantitative estimate of drug-likeness (QED) is 0.239. The molecule has 0 spiro atoms. The van der Waals surface area contributed by atoms with Crippen LogP contribution in [0.5, 0.6) is 0 Å². The Labute approximate surface area is 253 Å².